The molecule has 0 spiro atoms. The Morgan fingerprint density at radius 2 is 1.56 bits per heavy atom. The van der Waals surface area contributed by atoms with Crippen molar-refractivity contribution < 1.29 is 13.3 Å². The van der Waals surface area contributed by atoms with Gasteiger partial charge in [0.1, 0.15) is 5.69 Å². The molecule has 2 aromatic rings. The number of halogens is 2. The summed E-state index contributed by atoms with van der Waals surface area (Å²) >= 11 is 12.0. The zero-order valence-electron chi connectivity index (χ0n) is 22.0. The Morgan fingerprint density at radius 3 is 2.13 bits per heavy atom. The van der Waals surface area contributed by atoms with Gasteiger partial charge in [-0.1, -0.05) is 23.2 Å². The monoisotopic (exact) mass is 592 g/mol. The summed E-state index contributed by atoms with van der Waals surface area (Å²) < 4.78 is 27.8. The highest BCUT2D eigenvalue weighted by Gasteiger charge is 2.53. The smallest absolute Gasteiger partial charge is 0.292 e. The summed E-state index contributed by atoms with van der Waals surface area (Å²) in [5.41, 5.74) is 1.69. The van der Waals surface area contributed by atoms with E-state index >= 15 is 0 Å². The highest BCUT2D eigenvalue weighted by atomic mass is 35.5. The minimum Gasteiger partial charge on any atom is -0.376 e. The lowest BCUT2D eigenvalue weighted by atomic mass is 9.48. The third-order valence-corrected chi connectivity index (χ3v) is 12.3. The summed E-state index contributed by atoms with van der Waals surface area (Å²) in [6, 6.07) is 9.69. The SMILES string of the molecule is C[C@@H](Nc1cc(N2CCN(S(=O)(=O)c3ccc(Cl)c(Cl)c3)CC2)ccc1[N+](=O)[O-])C12CC3CC(CC(C3)C1)C2. The van der Waals surface area contributed by atoms with Crippen LogP contribution < -0.4 is 10.2 Å². The molecule has 0 aromatic heterocycles. The first-order valence-electron chi connectivity index (χ1n) is 13.8. The number of hydrogen-bond acceptors (Lipinski definition) is 6. The van der Waals surface area contributed by atoms with Gasteiger partial charge in [0.2, 0.25) is 10.0 Å². The van der Waals surface area contributed by atoms with Crippen molar-refractivity contribution in [3.8, 4) is 0 Å². The van der Waals surface area contributed by atoms with Crippen LogP contribution in [0.25, 0.3) is 0 Å². The van der Waals surface area contributed by atoms with Gasteiger partial charge in [0.25, 0.3) is 5.69 Å². The molecule has 39 heavy (non-hydrogen) atoms. The van der Waals surface area contributed by atoms with Crippen LogP contribution in [0.5, 0.6) is 0 Å². The van der Waals surface area contributed by atoms with Gasteiger partial charge in [-0.3, -0.25) is 10.1 Å². The average molecular weight is 594 g/mol. The molecule has 0 radical (unpaired) electrons. The number of nitro benzene ring substituents is 1. The lowest BCUT2D eigenvalue weighted by Gasteiger charge is -2.59. The molecule has 4 aliphatic carbocycles. The van der Waals surface area contributed by atoms with Crippen molar-refractivity contribution in [2.24, 2.45) is 23.2 Å². The van der Waals surface area contributed by atoms with Crippen molar-refractivity contribution in [1.82, 2.24) is 4.31 Å². The van der Waals surface area contributed by atoms with Gasteiger partial charge in [-0.05, 0) is 98.9 Å². The maximum atomic E-state index is 13.2. The van der Waals surface area contributed by atoms with Gasteiger partial charge < -0.3 is 10.2 Å². The molecule has 1 atom stereocenters. The van der Waals surface area contributed by atoms with Crippen molar-refractivity contribution in [1.29, 1.82) is 0 Å². The summed E-state index contributed by atoms with van der Waals surface area (Å²) in [6.07, 6.45) is 7.72. The van der Waals surface area contributed by atoms with Crippen LogP contribution in [-0.4, -0.2) is 49.9 Å². The van der Waals surface area contributed by atoms with E-state index in [1.165, 1.54) is 61.0 Å². The fraction of sp³-hybridized carbons (Fsp3) is 0.571. The number of piperazine rings is 1. The van der Waals surface area contributed by atoms with Crippen LogP contribution >= 0.6 is 23.2 Å². The molecule has 11 heteroatoms. The number of rotatable bonds is 7. The number of hydrogen-bond donors (Lipinski definition) is 1. The number of nitrogens with zero attached hydrogens (tertiary/aromatic N) is 3. The molecule has 0 unspecified atom stereocenters. The van der Waals surface area contributed by atoms with E-state index in [1.807, 2.05) is 6.07 Å². The van der Waals surface area contributed by atoms with Crippen LogP contribution in [0, 0.1) is 33.3 Å². The van der Waals surface area contributed by atoms with Gasteiger partial charge >= 0.3 is 0 Å². The fourth-order valence-electron chi connectivity index (χ4n) is 8.06. The third-order valence-electron chi connectivity index (χ3n) is 9.69. The van der Waals surface area contributed by atoms with E-state index < -0.39 is 10.0 Å². The molecule has 1 aliphatic heterocycles. The zero-order valence-corrected chi connectivity index (χ0v) is 24.3. The third kappa shape index (κ3) is 5.00. The maximum absolute atomic E-state index is 13.2. The van der Waals surface area contributed by atoms with Gasteiger partial charge in [-0.25, -0.2) is 8.42 Å². The molecule has 0 amide bonds. The first kappa shape index (κ1) is 27.1. The van der Waals surface area contributed by atoms with Crippen LogP contribution in [0.15, 0.2) is 41.3 Å². The van der Waals surface area contributed by atoms with E-state index in [-0.39, 0.29) is 32.0 Å². The lowest BCUT2D eigenvalue weighted by Crippen LogP contribution is -2.53. The van der Waals surface area contributed by atoms with Crippen LogP contribution in [0.1, 0.15) is 45.4 Å². The topological polar surface area (TPSA) is 95.8 Å². The maximum Gasteiger partial charge on any atom is 0.292 e. The van der Waals surface area contributed by atoms with Gasteiger partial charge in [-0.2, -0.15) is 4.31 Å². The molecule has 5 fully saturated rings. The summed E-state index contributed by atoms with van der Waals surface area (Å²) in [5, 5.41) is 16.0. The minimum absolute atomic E-state index is 0.0798. The Morgan fingerprint density at radius 1 is 0.949 bits per heavy atom. The number of benzene rings is 2. The van der Waals surface area contributed by atoms with Crippen molar-refractivity contribution in [3.05, 3.63) is 56.6 Å². The molecule has 1 N–H and O–H groups in total. The van der Waals surface area contributed by atoms with Gasteiger partial charge in [-0.15, -0.1) is 0 Å². The standard InChI is InChI=1S/C28H34Cl2N4O4S/c1-18(28-15-19-10-20(16-28)12-21(11-19)17-28)31-26-13-22(2-5-27(26)34(35)36)32-6-8-33(9-7-32)39(37,38)23-3-4-24(29)25(30)14-23/h2-5,13-14,18-21,31H,6-12,15-17H2,1H3/t18-,19?,20?,21?,28?/m1/s1. The Hall–Kier alpha value is -2.07. The molecule has 7 rings (SSSR count). The van der Waals surface area contributed by atoms with Crippen LogP contribution in [0.2, 0.25) is 10.0 Å². The Labute approximate surface area is 239 Å². The Kier molecular flexibility index (Phi) is 7.01. The van der Waals surface area contributed by atoms with Crippen LogP contribution in [0.3, 0.4) is 0 Å². The highest BCUT2D eigenvalue weighted by Crippen LogP contribution is 2.61. The van der Waals surface area contributed by atoms with Gasteiger partial charge in [0.05, 0.1) is 19.9 Å². The summed E-state index contributed by atoms with van der Waals surface area (Å²) in [6.45, 7) is 3.75. The normalized spacial score (nSPS) is 29.4. The van der Waals surface area contributed by atoms with Crippen molar-refractivity contribution in [2.75, 3.05) is 36.4 Å². The van der Waals surface area contributed by atoms with Crippen molar-refractivity contribution in [3.63, 3.8) is 0 Å². The number of nitrogens with one attached hydrogen (secondary N) is 1. The van der Waals surface area contributed by atoms with Crippen LogP contribution in [0.4, 0.5) is 17.1 Å². The second kappa shape index (κ2) is 10.1. The minimum atomic E-state index is -3.71. The molecular weight excluding hydrogens is 559 g/mol. The quantitative estimate of drug-likeness (QED) is 0.294. The predicted molar refractivity (Wildman–Crippen MR) is 154 cm³/mol. The molecule has 4 saturated carbocycles. The van der Waals surface area contributed by atoms with E-state index in [0.29, 0.717) is 36.9 Å². The molecule has 1 saturated heterocycles. The van der Waals surface area contributed by atoms with E-state index in [1.54, 1.807) is 12.1 Å². The van der Waals surface area contributed by atoms with E-state index in [2.05, 4.69) is 17.1 Å². The molecule has 8 nitrogen and oxygen atoms in total. The fourth-order valence-corrected chi connectivity index (χ4v) is 9.87. The molecule has 2 aromatic carbocycles. The highest BCUT2D eigenvalue weighted by molar-refractivity contribution is 7.89. The van der Waals surface area contributed by atoms with E-state index in [0.717, 1.165) is 23.4 Å². The van der Waals surface area contributed by atoms with Gasteiger partial charge in [0, 0.05) is 44.0 Å². The predicted octanol–water partition coefficient (Wildman–Crippen LogP) is 6.43. The largest absolute Gasteiger partial charge is 0.376 e. The van der Waals surface area contributed by atoms with E-state index in [4.69, 9.17) is 23.2 Å². The Balaban J connectivity index is 1.18. The van der Waals surface area contributed by atoms with Crippen molar-refractivity contribution >= 4 is 50.3 Å². The first-order chi connectivity index (χ1) is 18.5. The zero-order chi connectivity index (χ0) is 27.5. The molecule has 5 aliphatic rings. The molecule has 210 valence electrons. The number of anilines is 2. The van der Waals surface area contributed by atoms with Crippen LogP contribution in [-0.2, 0) is 10.0 Å². The molecular formula is C28H34Cl2N4O4S. The summed E-state index contributed by atoms with van der Waals surface area (Å²) in [5.74, 6) is 2.41. The van der Waals surface area contributed by atoms with Gasteiger partial charge in [0.15, 0.2) is 0 Å². The molecule has 4 bridgehead atoms. The number of sulfonamides is 1. The summed E-state index contributed by atoms with van der Waals surface area (Å²) in [4.78, 5) is 13.8. The summed E-state index contributed by atoms with van der Waals surface area (Å²) in [7, 11) is -3.71. The van der Waals surface area contributed by atoms with E-state index in [9.17, 15) is 18.5 Å². The second-order valence-corrected chi connectivity index (χ2v) is 14.8. The number of nitro groups is 1. The Bertz CT molecular complexity index is 1360. The lowest BCUT2D eigenvalue weighted by molar-refractivity contribution is -0.384. The second-order valence-electron chi connectivity index (χ2n) is 12.1. The average Bonchev–Trinajstić information content (AvgIpc) is 2.89. The van der Waals surface area contributed by atoms with Crippen molar-refractivity contribution in [2.45, 2.75) is 56.4 Å². The molecule has 1 heterocycles. The first-order valence-corrected chi connectivity index (χ1v) is 16.0.